The maximum atomic E-state index is 12.0. The molecule has 20 heavy (non-hydrogen) atoms. The van der Waals surface area contributed by atoms with Crippen molar-refractivity contribution in [1.29, 1.82) is 0 Å². The molecule has 0 saturated carbocycles. The first-order valence-electron chi connectivity index (χ1n) is 6.56. The van der Waals surface area contributed by atoms with Gasteiger partial charge >= 0.3 is 5.97 Å². The Hall–Kier alpha value is -2.14. The van der Waals surface area contributed by atoms with E-state index in [0.717, 1.165) is 25.5 Å². The molecule has 1 aromatic carbocycles. The Labute approximate surface area is 117 Å². The fourth-order valence-electron chi connectivity index (χ4n) is 2.07. The van der Waals surface area contributed by atoms with Crippen molar-refractivity contribution in [1.82, 2.24) is 5.32 Å². The van der Waals surface area contributed by atoms with Crippen LogP contribution in [0.3, 0.4) is 0 Å². The van der Waals surface area contributed by atoms with Crippen LogP contribution in [0.25, 0.3) is 6.08 Å². The monoisotopic (exact) mass is 275 g/mol. The van der Waals surface area contributed by atoms with Gasteiger partial charge in [0, 0.05) is 24.8 Å². The Morgan fingerprint density at radius 1 is 1.45 bits per heavy atom. The van der Waals surface area contributed by atoms with Crippen molar-refractivity contribution in [2.45, 2.75) is 18.9 Å². The van der Waals surface area contributed by atoms with Crippen molar-refractivity contribution in [3.8, 4) is 0 Å². The van der Waals surface area contributed by atoms with Gasteiger partial charge in [-0.1, -0.05) is 12.1 Å². The largest absolute Gasteiger partial charge is 0.478 e. The normalized spacial score (nSPS) is 18.3. The highest BCUT2D eigenvalue weighted by Gasteiger charge is 2.16. The lowest BCUT2D eigenvalue weighted by Gasteiger charge is -2.10. The Morgan fingerprint density at radius 3 is 3.00 bits per heavy atom. The van der Waals surface area contributed by atoms with Crippen LogP contribution in [-0.4, -0.2) is 36.2 Å². The van der Waals surface area contributed by atoms with Crippen molar-refractivity contribution >= 4 is 18.0 Å². The summed E-state index contributed by atoms with van der Waals surface area (Å²) in [5, 5.41) is 11.4. The fourth-order valence-corrected chi connectivity index (χ4v) is 2.07. The predicted octanol–water partition coefficient (Wildman–Crippen LogP) is 1.69. The van der Waals surface area contributed by atoms with Crippen LogP contribution in [0.15, 0.2) is 30.3 Å². The summed E-state index contributed by atoms with van der Waals surface area (Å²) >= 11 is 0. The molecule has 1 amide bonds. The van der Waals surface area contributed by atoms with E-state index in [4.69, 9.17) is 9.84 Å². The highest BCUT2D eigenvalue weighted by molar-refractivity contribution is 5.95. The van der Waals surface area contributed by atoms with Crippen molar-refractivity contribution in [3.63, 3.8) is 0 Å². The number of carbonyl (C=O) groups excluding carboxylic acids is 1. The molecule has 0 spiro atoms. The summed E-state index contributed by atoms with van der Waals surface area (Å²) in [6.45, 7) is 1.27. The molecule has 0 bridgehead atoms. The lowest BCUT2D eigenvalue weighted by Crippen LogP contribution is -2.31. The van der Waals surface area contributed by atoms with E-state index < -0.39 is 5.97 Å². The standard InChI is InChI=1S/C15H17NO4/c17-14(18)7-6-11-3-1-4-12(9-11)15(19)16-10-13-5-2-8-20-13/h1,3-4,6-7,9,13H,2,5,8,10H2,(H,16,19)(H,17,18). The number of hydrogen-bond donors (Lipinski definition) is 2. The number of amides is 1. The molecule has 0 radical (unpaired) electrons. The molecule has 0 aliphatic carbocycles. The van der Waals surface area contributed by atoms with Crippen LogP contribution in [-0.2, 0) is 9.53 Å². The van der Waals surface area contributed by atoms with E-state index in [1.807, 2.05) is 0 Å². The van der Waals surface area contributed by atoms with Gasteiger partial charge in [-0.25, -0.2) is 4.79 Å². The average Bonchev–Trinajstić information content (AvgIpc) is 2.96. The van der Waals surface area contributed by atoms with Crippen molar-refractivity contribution in [3.05, 3.63) is 41.5 Å². The summed E-state index contributed by atoms with van der Waals surface area (Å²) in [6.07, 6.45) is 4.62. The predicted molar refractivity (Wildman–Crippen MR) is 74.4 cm³/mol. The summed E-state index contributed by atoms with van der Waals surface area (Å²) in [6, 6.07) is 6.83. The van der Waals surface area contributed by atoms with Gasteiger partial charge in [-0.2, -0.15) is 0 Å². The Balaban J connectivity index is 1.95. The lowest BCUT2D eigenvalue weighted by atomic mass is 10.1. The molecule has 1 heterocycles. The van der Waals surface area contributed by atoms with Crippen molar-refractivity contribution in [2.24, 2.45) is 0 Å². The third-order valence-electron chi connectivity index (χ3n) is 3.08. The molecular weight excluding hydrogens is 258 g/mol. The zero-order valence-electron chi connectivity index (χ0n) is 11.0. The summed E-state index contributed by atoms with van der Waals surface area (Å²) in [7, 11) is 0. The lowest BCUT2D eigenvalue weighted by molar-refractivity contribution is -0.131. The minimum absolute atomic E-state index is 0.106. The first-order valence-corrected chi connectivity index (χ1v) is 6.56. The number of carbonyl (C=O) groups is 2. The smallest absolute Gasteiger partial charge is 0.328 e. The molecule has 1 fully saturated rings. The fraction of sp³-hybridized carbons (Fsp3) is 0.333. The maximum Gasteiger partial charge on any atom is 0.328 e. The van der Waals surface area contributed by atoms with Crippen molar-refractivity contribution in [2.75, 3.05) is 13.2 Å². The van der Waals surface area contributed by atoms with Gasteiger partial charge in [0.05, 0.1) is 6.10 Å². The van der Waals surface area contributed by atoms with Gasteiger partial charge in [0.2, 0.25) is 0 Å². The van der Waals surface area contributed by atoms with Crippen LogP contribution in [0.5, 0.6) is 0 Å². The Morgan fingerprint density at radius 2 is 2.30 bits per heavy atom. The van der Waals surface area contributed by atoms with E-state index in [1.165, 1.54) is 6.08 Å². The number of aliphatic carboxylic acids is 1. The highest BCUT2D eigenvalue weighted by Crippen LogP contribution is 2.11. The van der Waals surface area contributed by atoms with Crippen molar-refractivity contribution < 1.29 is 19.4 Å². The molecule has 106 valence electrons. The zero-order chi connectivity index (χ0) is 14.4. The van der Waals surface area contributed by atoms with Gasteiger partial charge in [0.25, 0.3) is 5.91 Å². The first kappa shape index (κ1) is 14.3. The minimum Gasteiger partial charge on any atom is -0.478 e. The van der Waals surface area contributed by atoms with Crippen LogP contribution < -0.4 is 5.32 Å². The second kappa shape index (κ2) is 6.86. The maximum absolute atomic E-state index is 12.0. The van der Waals surface area contributed by atoms with Gasteiger partial charge in [-0.15, -0.1) is 0 Å². The van der Waals surface area contributed by atoms with Crippen LogP contribution in [0.1, 0.15) is 28.8 Å². The highest BCUT2D eigenvalue weighted by atomic mass is 16.5. The van der Waals surface area contributed by atoms with Gasteiger partial charge in [0.15, 0.2) is 0 Å². The van der Waals surface area contributed by atoms with E-state index >= 15 is 0 Å². The van der Waals surface area contributed by atoms with Crippen LogP contribution >= 0.6 is 0 Å². The second-order valence-corrected chi connectivity index (χ2v) is 4.64. The molecule has 2 N–H and O–H groups in total. The molecule has 1 atom stereocenters. The molecule has 5 nitrogen and oxygen atoms in total. The minimum atomic E-state index is -1.02. The molecule has 1 saturated heterocycles. The number of nitrogens with one attached hydrogen (secondary N) is 1. The molecule has 2 rings (SSSR count). The number of carboxylic acids is 1. The van der Waals surface area contributed by atoms with E-state index in [0.29, 0.717) is 17.7 Å². The molecule has 0 aromatic heterocycles. The SMILES string of the molecule is O=C(O)C=Cc1cccc(C(=O)NCC2CCCO2)c1. The number of ether oxygens (including phenoxy) is 1. The summed E-state index contributed by atoms with van der Waals surface area (Å²) in [5.74, 6) is -1.19. The van der Waals surface area contributed by atoms with E-state index in [2.05, 4.69) is 5.32 Å². The first-order chi connectivity index (χ1) is 9.65. The van der Waals surface area contributed by atoms with E-state index in [1.54, 1.807) is 24.3 Å². The molecule has 1 unspecified atom stereocenters. The number of rotatable bonds is 5. The second-order valence-electron chi connectivity index (χ2n) is 4.64. The molecule has 1 aliphatic heterocycles. The molecule has 1 aromatic rings. The van der Waals surface area contributed by atoms with Crippen LogP contribution in [0, 0.1) is 0 Å². The topological polar surface area (TPSA) is 75.6 Å². The van der Waals surface area contributed by atoms with Crippen LogP contribution in [0.4, 0.5) is 0 Å². The van der Waals surface area contributed by atoms with E-state index in [9.17, 15) is 9.59 Å². The van der Waals surface area contributed by atoms with Gasteiger partial charge < -0.3 is 15.2 Å². The van der Waals surface area contributed by atoms with Crippen LogP contribution in [0.2, 0.25) is 0 Å². The molecule has 1 aliphatic rings. The van der Waals surface area contributed by atoms with Gasteiger partial charge in [-0.05, 0) is 36.6 Å². The van der Waals surface area contributed by atoms with Gasteiger partial charge in [-0.3, -0.25) is 4.79 Å². The third kappa shape index (κ3) is 4.20. The third-order valence-corrected chi connectivity index (χ3v) is 3.08. The zero-order valence-corrected chi connectivity index (χ0v) is 11.0. The van der Waals surface area contributed by atoms with E-state index in [-0.39, 0.29) is 12.0 Å². The Bertz CT molecular complexity index is 518. The Kier molecular flexibility index (Phi) is 4.90. The van der Waals surface area contributed by atoms with Gasteiger partial charge in [0.1, 0.15) is 0 Å². The molecular formula is C15H17NO4. The number of carboxylic acid groups (broad SMARTS) is 1. The summed E-state index contributed by atoms with van der Waals surface area (Å²) in [5.41, 5.74) is 1.19. The number of hydrogen-bond acceptors (Lipinski definition) is 3. The average molecular weight is 275 g/mol. The number of benzene rings is 1. The molecule has 5 heteroatoms. The quantitative estimate of drug-likeness (QED) is 0.802. The summed E-state index contributed by atoms with van der Waals surface area (Å²) in [4.78, 5) is 22.4. The summed E-state index contributed by atoms with van der Waals surface area (Å²) < 4.78 is 5.44.